The molecule has 0 amide bonds. The van der Waals surface area contributed by atoms with E-state index in [2.05, 4.69) is 6.92 Å². The second-order valence-corrected chi connectivity index (χ2v) is 8.80. The highest BCUT2D eigenvalue weighted by atomic mass is 32.2. The van der Waals surface area contributed by atoms with Crippen LogP contribution in [0.5, 0.6) is 0 Å². The largest absolute Gasteiger partial charge is 0.297 e. The van der Waals surface area contributed by atoms with Crippen molar-refractivity contribution in [2.24, 2.45) is 0 Å². The van der Waals surface area contributed by atoms with Gasteiger partial charge < -0.3 is 0 Å². The predicted octanol–water partition coefficient (Wildman–Crippen LogP) is 6.32. The van der Waals surface area contributed by atoms with Crippen LogP contribution in [-0.4, -0.2) is 14.5 Å². The SMILES string of the molecule is CCCCCCCCCCCC(C)OS(=O)(=O)c1ccc(C)c(C)c1. The van der Waals surface area contributed by atoms with Crippen molar-refractivity contribution in [3.63, 3.8) is 0 Å². The van der Waals surface area contributed by atoms with Gasteiger partial charge in [-0.25, -0.2) is 0 Å². The molecule has 25 heavy (non-hydrogen) atoms. The molecule has 0 aliphatic rings. The number of hydrogen-bond donors (Lipinski definition) is 0. The predicted molar refractivity (Wildman–Crippen MR) is 105 cm³/mol. The maximum atomic E-state index is 12.3. The van der Waals surface area contributed by atoms with Gasteiger partial charge >= 0.3 is 0 Å². The van der Waals surface area contributed by atoms with Gasteiger partial charge in [-0.15, -0.1) is 0 Å². The summed E-state index contributed by atoms with van der Waals surface area (Å²) in [6, 6.07) is 5.15. The summed E-state index contributed by atoms with van der Waals surface area (Å²) in [5.74, 6) is 0. The lowest BCUT2D eigenvalue weighted by Gasteiger charge is -2.14. The molecule has 3 nitrogen and oxygen atoms in total. The summed E-state index contributed by atoms with van der Waals surface area (Å²) in [6.07, 6.45) is 11.9. The molecule has 0 aromatic heterocycles. The summed E-state index contributed by atoms with van der Waals surface area (Å²) in [5, 5.41) is 0. The van der Waals surface area contributed by atoms with E-state index < -0.39 is 10.1 Å². The monoisotopic (exact) mass is 368 g/mol. The van der Waals surface area contributed by atoms with Crippen LogP contribution in [0.3, 0.4) is 0 Å². The topological polar surface area (TPSA) is 43.4 Å². The zero-order chi connectivity index (χ0) is 18.7. The molecule has 1 aromatic rings. The van der Waals surface area contributed by atoms with Crippen molar-refractivity contribution in [1.29, 1.82) is 0 Å². The van der Waals surface area contributed by atoms with Gasteiger partial charge in [0.25, 0.3) is 10.1 Å². The van der Waals surface area contributed by atoms with Gasteiger partial charge in [-0.1, -0.05) is 70.8 Å². The van der Waals surface area contributed by atoms with Crippen LogP contribution in [0.15, 0.2) is 23.1 Å². The van der Waals surface area contributed by atoms with Crippen molar-refractivity contribution in [2.75, 3.05) is 0 Å². The molecule has 0 bridgehead atoms. The smallest absolute Gasteiger partial charge is 0.263 e. The normalized spacial score (nSPS) is 13.1. The second-order valence-electron chi connectivity index (χ2n) is 7.22. The fourth-order valence-electron chi connectivity index (χ4n) is 2.93. The first kappa shape index (κ1) is 22.2. The summed E-state index contributed by atoms with van der Waals surface area (Å²) in [6.45, 7) is 7.98. The van der Waals surface area contributed by atoms with Gasteiger partial charge in [-0.05, 0) is 50.5 Å². The molecular weight excluding hydrogens is 332 g/mol. The third-order valence-electron chi connectivity index (χ3n) is 4.77. The lowest BCUT2D eigenvalue weighted by Crippen LogP contribution is -2.15. The van der Waals surface area contributed by atoms with Crippen LogP contribution in [0, 0.1) is 13.8 Å². The Kier molecular flexibility index (Phi) is 10.4. The molecule has 0 spiro atoms. The van der Waals surface area contributed by atoms with Crippen molar-refractivity contribution >= 4 is 10.1 Å². The Bertz CT molecular complexity index is 593. The van der Waals surface area contributed by atoms with Gasteiger partial charge in [0.2, 0.25) is 0 Å². The molecule has 1 aromatic carbocycles. The molecule has 0 aliphatic heterocycles. The fraction of sp³-hybridized carbons (Fsp3) is 0.714. The fourth-order valence-corrected chi connectivity index (χ4v) is 4.13. The lowest BCUT2D eigenvalue weighted by atomic mass is 10.1. The Morgan fingerprint density at radius 2 is 1.44 bits per heavy atom. The molecular formula is C21H36O3S. The standard InChI is InChI=1S/C21H36O3S/c1-5-6-7-8-9-10-11-12-13-14-20(4)24-25(22,23)21-16-15-18(2)19(3)17-21/h15-17,20H,5-14H2,1-4H3. The van der Waals surface area contributed by atoms with E-state index in [1.54, 1.807) is 12.1 Å². The molecule has 0 fully saturated rings. The minimum absolute atomic E-state index is 0.259. The molecule has 0 saturated carbocycles. The Balaban J connectivity index is 2.24. The van der Waals surface area contributed by atoms with E-state index in [9.17, 15) is 8.42 Å². The van der Waals surface area contributed by atoms with E-state index in [1.807, 2.05) is 26.8 Å². The lowest BCUT2D eigenvalue weighted by molar-refractivity contribution is 0.213. The van der Waals surface area contributed by atoms with E-state index in [0.717, 1.165) is 30.4 Å². The summed E-state index contributed by atoms with van der Waals surface area (Å²) in [4.78, 5) is 0.259. The minimum atomic E-state index is -3.66. The Labute approximate surface area is 155 Å². The minimum Gasteiger partial charge on any atom is -0.263 e. The Morgan fingerprint density at radius 3 is 2.00 bits per heavy atom. The summed E-state index contributed by atoms with van der Waals surface area (Å²) in [7, 11) is -3.66. The molecule has 0 aliphatic carbocycles. The second kappa shape index (κ2) is 11.7. The van der Waals surface area contributed by atoms with Crippen LogP contribution >= 0.6 is 0 Å². The average Bonchev–Trinajstić information content (AvgIpc) is 2.55. The Hall–Kier alpha value is -0.870. The zero-order valence-corrected chi connectivity index (χ0v) is 17.3. The molecule has 0 radical (unpaired) electrons. The van der Waals surface area contributed by atoms with Crippen LogP contribution in [-0.2, 0) is 14.3 Å². The van der Waals surface area contributed by atoms with Gasteiger partial charge in [0.15, 0.2) is 0 Å². The van der Waals surface area contributed by atoms with Gasteiger partial charge in [0, 0.05) is 0 Å². The van der Waals surface area contributed by atoms with E-state index in [1.165, 1.54) is 44.9 Å². The third kappa shape index (κ3) is 8.87. The first-order valence-corrected chi connectivity index (χ1v) is 11.3. The van der Waals surface area contributed by atoms with Crippen LogP contribution in [0.2, 0.25) is 0 Å². The van der Waals surface area contributed by atoms with Gasteiger partial charge in [0.1, 0.15) is 0 Å². The maximum Gasteiger partial charge on any atom is 0.297 e. The number of unbranched alkanes of at least 4 members (excludes halogenated alkanes) is 8. The summed E-state index contributed by atoms with van der Waals surface area (Å²) in [5.41, 5.74) is 2.05. The van der Waals surface area contributed by atoms with E-state index in [-0.39, 0.29) is 11.0 Å². The highest BCUT2D eigenvalue weighted by molar-refractivity contribution is 7.86. The van der Waals surface area contributed by atoms with Crippen molar-refractivity contribution in [3.05, 3.63) is 29.3 Å². The summed E-state index contributed by atoms with van der Waals surface area (Å²) < 4.78 is 30.1. The number of aryl methyl sites for hydroxylation is 2. The molecule has 1 unspecified atom stereocenters. The van der Waals surface area contributed by atoms with Gasteiger partial charge in [-0.3, -0.25) is 4.18 Å². The Morgan fingerprint density at radius 1 is 0.880 bits per heavy atom. The highest BCUT2D eigenvalue weighted by Gasteiger charge is 2.19. The molecule has 1 atom stereocenters. The van der Waals surface area contributed by atoms with Crippen LogP contribution in [0.25, 0.3) is 0 Å². The van der Waals surface area contributed by atoms with Crippen molar-refractivity contribution in [3.8, 4) is 0 Å². The first-order chi connectivity index (χ1) is 11.9. The number of benzene rings is 1. The van der Waals surface area contributed by atoms with Crippen molar-refractivity contribution in [2.45, 2.75) is 103 Å². The van der Waals surface area contributed by atoms with Gasteiger partial charge in [-0.2, -0.15) is 8.42 Å². The van der Waals surface area contributed by atoms with Crippen LogP contribution in [0.4, 0.5) is 0 Å². The molecule has 4 heteroatoms. The van der Waals surface area contributed by atoms with E-state index >= 15 is 0 Å². The molecule has 0 saturated heterocycles. The molecule has 144 valence electrons. The summed E-state index contributed by atoms with van der Waals surface area (Å²) >= 11 is 0. The van der Waals surface area contributed by atoms with Gasteiger partial charge in [0.05, 0.1) is 11.0 Å². The molecule has 1 rings (SSSR count). The highest BCUT2D eigenvalue weighted by Crippen LogP contribution is 2.20. The zero-order valence-electron chi connectivity index (χ0n) is 16.5. The van der Waals surface area contributed by atoms with Crippen molar-refractivity contribution in [1.82, 2.24) is 0 Å². The number of hydrogen-bond acceptors (Lipinski definition) is 3. The van der Waals surface area contributed by atoms with E-state index in [0.29, 0.717) is 0 Å². The number of rotatable bonds is 13. The quantitative estimate of drug-likeness (QED) is 0.302. The van der Waals surface area contributed by atoms with E-state index in [4.69, 9.17) is 4.18 Å². The molecule has 0 heterocycles. The van der Waals surface area contributed by atoms with Crippen molar-refractivity contribution < 1.29 is 12.6 Å². The average molecular weight is 369 g/mol. The first-order valence-electron chi connectivity index (χ1n) is 9.87. The van der Waals surface area contributed by atoms with Crippen LogP contribution in [0.1, 0.15) is 89.2 Å². The maximum absolute atomic E-state index is 12.3. The molecule has 0 N–H and O–H groups in total. The van der Waals surface area contributed by atoms with Crippen LogP contribution < -0.4 is 0 Å². The third-order valence-corrected chi connectivity index (χ3v) is 6.19.